The fourth-order valence-electron chi connectivity index (χ4n) is 0.896. The molecule has 1 saturated carbocycles. The summed E-state index contributed by atoms with van der Waals surface area (Å²) < 4.78 is 0. The number of hydrogen-bond acceptors (Lipinski definition) is 1. The maximum absolute atomic E-state index is 10.4. The lowest BCUT2D eigenvalue weighted by molar-refractivity contribution is -0.105. The summed E-state index contributed by atoms with van der Waals surface area (Å²) in [6, 6.07) is 0. The van der Waals surface area contributed by atoms with Gasteiger partial charge in [-0.2, -0.15) is 0 Å². The normalized spacial score (nSPS) is 19.9. The lowest BCUT2D eigenvalue weighted by atomic mass is 10.2. The first-order valence-corrected chi connectivity index (χ1v) is 3.66. The van der Waals surface area contributed by atoms with Crippen LogP contribution in [-0.2, 0) is 4.79 Å². The number of rotatable bonds is 3. The Morgan fingerprint density at radius 1 is 1.50 bits per heavy atom. The average molecular weight is 136 g/mol. The number of carbonyl (C=O) groups is 1. The first-order chi connectivity index (χ1) is 4.88. The second-order valence-corrected chi connectivity index (χ2v) is 2.58. The van der Waals surface area contributed by atoms with Crippen LogP contribution >= 0.6 is 0 Å². The molecule has 1 fully saturated rings. The van der Waals surface area contributed by atoms with Gasteiger partial charge in [-0.1, -0.05) is 18.2 Å². The highest BCUT2D eigenvalue weighted by atomic mass is 16.1. The van der Waals surface area contributed by atoms with Gasteiger partial charge in [0.15, 0.2) is 0 Å². The molecule has 0 aromatic heterocycles. The minimum atomic E-state index is 0.577. The van der Waals surface area contributed by atoms with Gasteiger partial charge < -0.3 is 0 Å². The predicted octanol–water partition coefficient (Wildman–Crippen LogP) is 2.10. The van der Waals surface area contributed by atoms with Crippen LogP contribution in [0.25, 0.3) is 0 Å². The molecule has 0 bridgehead atoms. The van der Waals surface area contributed by atoms with E-state index < -0.39 is 0 Å². The number of carbonyl (C=O) groups excluding carboxylic acids is 1. The van der Waals surface area contributed by atoms with E-state index in [2.05, 4.69) is 0 Å². The van der Waals surface area contributed by atoms with Gasteiger partial charge in [0, 0.05) is 0 Å². The van der Waals surface area contributed by atoms with E-state index in [-0.39, 0.29) is 0 Å². The van der Waals surface area contributed by atoms with Crippen molar-refractivity contribution in [2.45, 2.75) is 19.8 Å². The van der Waals surface area contributed by atoms with Gasteiger partial charge in [-0.25, -0.2) is 0 Å². The Labute approximate surface area is 61.4 Å². The van der Waals surface area contributed by atoms with Crippen LogP contribution < -0.4 is 0 Å². The highest BCUT2D eigenvalue weighted by Gasteiger charge is 2.24. The minimum Gasteiger partial charge on any atom is -0.298 e. The van der Waals surface area contributed by atoms with Crippen LogP contribution in [0.3, 0.4) is 0 Å². The summed E-state index contributed by atoms with van der Waals surface area (Å²) in [5, 5.41) is 0. The van der Waals surface area contributed by atoms with Crippen LogP contribution in [0.5, 0.6) is 0 Å². The van der Waals surface area contributed by atoms with Crippen molar-refractivity contribution in [2.75, 3.05) is 0 Å². The maximum atomic E-state index is 10.4. The molecule has 0 saturated heterocycles. The summed E-state index contributed by atoms with van der Waals surface area (Å²) in [5.74, 6) is 0.577. The topological polar surface area (TPSA) is 17.1 Å². The van der Waals surface area contributed by atoms with E-state index in [4.69, 9.17) is 0 Å². The molecule has 1 nitrogen and oxygen atoms in total. The molecule has 1 rings (SSSR count). The van der Waals surface area contributed by atoms with E-state index in [1.165, 1.54) is 12.8 Å². The summed E-state index contributed by atoms with van der Waals surface area (Å²) in [7, 11) is 0. The SMILES string of the molecule is C/C=C/C=C(/C=O)C1CC1. The largest absolute Gasteiger partial charge is 0.298 e. The molecule has 1 heteroatoms. The van der Waals surface area contributed by atoms with Gasteiger partial charge >= 0.3 is 0 Å². The van der Waals surface area contributed by atoms with Crippen LogP contribution in [0.1, 0.15) is 19.8 Å². The van der Waals surface area contributed by atoms with Gasteiger partial charge in [0.1, 0.15) is 6.29 Å². The zero-order valence-corrected chi connectivity index (χ0v) is 6.21. The number of allylic oxidation sites excluding steroid dienone is 4. The molecule has 0 spiro atoms. The third-order valence-corrected chi connectivity index (χ3v) is 1.67. The standard InChI is InChI=1S/C9H12O/c1-2-3-4-9(7-10)8-5-6-8/h2-4,7-8H,5-6H2,1H3/b3-2+,9-4-. The third kappa shape index (κ3) is 1.83. The van der Waals surface area contributed by atoms with Crippen LogP contribution in [0, 0.1) is 5.92 Å². The summed E-state index contributed by atoms with van der Waals surface area (Å²) in [4.78, 5) is 10.4. The second kappa shape index (κ2) is 3.35. The zero-order chi connectivity index (χ0) is 7.40. The molecular weight excluding hydrogens is 124 g/mol. The molecule has 1 aliphatic carbocycles. The molecule has 54 valence electrons. The number of hydrogen-bond donors (Lipinski definition) is 0. The highest BCUT2D eigenvalue weighted by molar-refractivity contribution is 5.75. The van der Waals surface area contributed by atoms with Crippen molar-refractivity contribution in [1.29, 1.82) is 0 Å². The molecule has 0 unspecified atom stereocenters. The molecule has 0 amide bonds. The summed E-state index contributed by atoms with van der Waals surface area (Å²) in [6.45, 7) is 1.95. The first kappa shape index (κ1) is 7.26. The minimum absolute atomic E-state index is 0.577. The maximum Gasteiger partial charge on any atom is 0.146 e. The summed E-state index contributed by atoms with van der Waals surface area (Å²) in [6.07, 6.45) is 9.13. The number of aldehydes is 1. The average Bonchev–Trinajstić information content (AvgIpc) is 2.73. The van der Waals surface area contributed by atoms with E-state index in [0.29, 0.717) is 5.92 Å². The fourth-order valence-corrected chi connectivity index (χ4v) is 0.896. The Kier molecular flexibility index (Phi) is 2.43. The lowest BCUT2D eigenvalue weighted by Crippen LogP contribution is -1.84. The Balaban J connectivity index is 2.53. The van der Waals surface area contributed by atoms with Gasteiger partial charge in [-0.3, -0.25) is 4.79 Å². The summed E-state index contributed by atoms with van der Waals surface area (Å²) >= 11 is 0. The molecule has 0 radical (unpaired) electrons. The van der Waals surface area contributed by atoms with Gasteiger partial charge in [0.05, 0.1) is 0 Å². The highest BCUT2D eigenvalue weighted by Crippen LogP contribution is 2.35. The smallest absolute Gasteiger partial charge is 0.146 e. The molecule has 0 N–H and O–H groups in total. The quantitative estimate of drug-likeness (QED) is 0.330. The molecule has 0 aliphatic heterocycles. The molecule has 0 heterocycles. The first-order valence-electron chi connectivity index (χ1n) is 3.66. The van der Waals surface area contributed by atoms with Crippen LogP contribution in [-0.4, -0.2) is 6.29 Å². The van der Waals surface area contributed by atoms with Gasteiger partial charge in [0.25, 0.3) is 0 Å². The van der Waals surface area contributed by atoms with E-state index in [9.17, 15) is 4.79 Å². The van der Waals surface area contributed by atoms with Crippen LogP contribution in [0.4, 0.5) is 0 Å². The molecule has 0 aromatic carbocycles. The van der Waals surface area contributed by atoms with Crippen LogP contribution in [0.2, 0.25) is 0 Å². The molecule has 0 aromatic rings. The monoisotopic (exact) mass is 136 g/mol. The van der Waals surface area contributed by atoms with Gasteiger partial charge in [-0.15, -0.1) is 0 Å². The predicted molar refractivity (Wildman–Crippen MR) is 41.7 cm³/mol. The summed E-state index contributed by atoms with van der Waals surface area (Å²) in [5.41, 5.74) is 0.957. The lowest BCUT2D eigenvalue weighted by Gasteiger charge is -1.89. The van der Waals surface area contributed by atoms with Gasteiger partial charge in [-0.05, 0) is 31.3 Å². The molecule has 1 aliphatic rings. The fraction of sp³-hybridized carbons (Fsp3) is 0.444. The van der Waals surface area contributed by atoms with Crippen molar-refractivity contribution in [3.8, 4) is 0 Å². The van der Waals surface area contributed by atoms with Crippen LogP contribution in [0.15, 0.2) is 23.8 Å². The van der Waals surface area contributed by atoms with Crippen molar-refractivity contribution in [3.05, 3.63) is 23.8 Å². The van der Waals surface area contributed by atoms with E-state index >= 15 is 0 Å². The third-order valence-electron chi connectivity index (χ3n) is 1.67. The molecule has 10 heavy (non-hydrogen) atoms. The molecular formula is C9H12O. The van der Waals surface area contributed by atoms with Crippen molar-refractivity contribution < 1.29 is 4.79 Å². The van der Waals surface area contributed by atoms with E-state index in [0.717, 1.165) is 11.9 Å². The van der Waals surface area contributed by atoms with E-state index in [1.807, 2.05) is 25.2 Å². The Hall–Kier alpha value is -0.850. The Morgan fingerprint density at radius 2 is 2.20 bits per heavy atom. The Morgan fingerprint density at radius 3 is 2.60 bits per heavy atom. The Bertz CT molecular complexity index is 173. The molecule has 0 atom stereocenters. The van der Waals surface area contributed by atoms with Crippen molar-refractivity contribution in [3.63, 3.8) is 0 Å². The van der Waals surface area contributed by atoms with Gasteiger partial charge in [0.2, 0.25) is 0 Å². The van der Waals surface area contributed by atoms with Crippen molar-refractivity contribution in [1.82, 2.24) is 0 Å². The van der Waals surface area contributed by atoms with Crippen molar-refractivity contribution >= 4 is 6.29 Å². The van der Waals surface area contributed by atoms with Crippen molar-refractivity contribution in [2.24, 2.45) is 5.92 Å². The zero-order valence-electron chi connectivity index (χ0n) is 6.21. The second-order valence-electron chi connectivity index (χ2n) is 2.58. The van der Waals surface area contributed by atoms with E-state index in [1.54, 1.807) is 0 Å².